The van der Waals surface area contributed by atoms with Crippen LogP contribution < -0.4 is 16.0 Å². The van der Waals surface area contributed by atoms with Crippen molar-refractivity contribution in [2.24, 2.45) is 0 Å². The minimum absolute atomic E-state index is 0.0493. The van der Waals surface area contributed by atoms with E-state index >= 15 is 0 Å². The lowest BCUT2D eigenvalue weighted by Gasteiger charge is -2.31. The van der Waals surface area contributed by atoms with E-state index in [4.69, 9.17) is 14.6 Å². The van der Waals surface area contributed by atoms with Gasteiger partial charge in [-0.15, -0.1) is 0 Å². The van der Waals surface area contributed by atoms with Crippen LogP contribution in [0.5, 0.6) is 0 Å². The fourth-order valence-electron chi connectivity index (χ4n) is 1.48. The van der Waals surface area contributed by atoms with Gasteiger partial charge in [0.15, 0.2) is 5.72 Å². The molecule has 0 aromatic heterocycles. The van der Waals surface area contributed by atoms with Crippen molar-refractivity contribution in [1.29, 1.82) is 0 Å². The van der Waals surface area contributed by atoms with Gasteiger partial charge < -0.3 is 14.6 Å². The van der Waals surface area contributed by atoms with Crippen LogP contribution in [-0.4, -0.2) is 51.2 Å². The fourth-order valence-corrected chi connectivity index (χ4v) is 1.48. The maximum absolute atomic E-state index is 8.92. The molecule has 1 atom stereocenters. The molecule has 0 aromatic rings. The van der Waals surface area contributed by atoms with Gasteiger partial charge in [-0.1, -0.05) is 0 Å². The molecule has 14 heavy (non-hydrogen) atoms. The molecule has 1 saturated heterocycles. The largest absolute Gasteiger partial charge is 0.396 e. The second kappa shape index (κ2) is 4.52. The third kappa shape index (κ3) is 2.05. The normalized spacial score (nSPS) is 30.9. The van der Waals surface area contributed by atoms with Gasteiger partial charge in [0.2, 0.25) is 0 Å². The molecule has 6 heteroatoms. The molecular weight excluding hydrogens is 186 g/mol. The first-order valence-electron chi connectivity index (χ1n) is 4.67. The van der Waals surface area contributed by atoms with Crippen LogP contribution in [0.15, 0.2) is 0 Å². The van der Waals surface area contributed by atoms with E-state index < -0.39 is 11.8 Å². The predicted octanol–water partition coefficient (Wildman–Crippen LogP) is -1.62. The maximum Gasteiger partial charge on any atom is 0.293 e. The Morgan fingerprint density at radius 3 is 2.21 bits per heavy atom. The van der Waals surface area contributed by atoms with Gasteiger partial charge >= 0.3 is 0 Å². The van der Waals surface area contributed by atoms with Crippen molar-refractivity contribution >= 4 is 0 Å². The number of hydrogen-bond acceptors (Lipinski definition) is 6. The molecule has 0 unspecified atom stereocenters. The lowest BCUT2D eigenvalue weighted by Crippen LogP contribution is -2.58. The molecule has 0 aliphatic carbocycles. The first-order chi connectivity index (χ1) is 6.66. The lowest BCUT2D eigenvalue weighted by molar-refractivity contribution is -0.229. The van der Waals surface area contributed by atoms with Gasteiger partial charge in [-0.3, -0.25) is 16.0 Å². The zero-order valence-electron chi connectivity index (χ0n) is 8.89. The van der Waals surface area contributed by atoms with Crippen LogP contribution in [0.1, 0.15) is 6.42 Å². The van der Waals surface area contributed by atoms with Gasteiger partial charge in [0.25, 0.3) is 6.03 Å². The predicted molar refractivity (Wildman–Crippen MR) is 51.4 cm³/mol. The van der Waals surface area contributed by atoms with Gasteiger partial charge in [0.1, 0.15) is 0 Å². The van der Waals surface area contributed by atoms with Crippen LogP contribution in [-0.2, 0) is 9.47 Å². The second-order valence-electron chi connectivity index (χ2n) is 3.23. The Kier molecular flexibility index (Phi) is 3.82. The topological polar surface area (TPSA) is 74.8 Å². The van der Waals surface area contributed by atoms with Crippen molar-refractivity contribution in [3.05, 3.63) is 0 Å². The highest BCUT2D eigenvalue weighted by Gasteiger charge is 2.48. The highest BCUT2D eigenvalue weighted by Crippen LogP contribution is 2.27. The molecule has 0 saturated carbocycles. The number of aliphatic hydroxyl groups is 1. The third-order valence-electron chi connectivity index (χ3n) is 2.48. The van der Waals surface area contributed by atoms with Crippen LogP contribution in [0.4, 0.5) is 0 Å². The van der Waals surface area contributed by atoms with Gasteiger partial charge in [-0.25, -0.2) is 0 Å². The van der Waals surface area contributed by atoms with E-state index in [0.29, 0.717) is 13.0 Å². The number of nitrogens with one attached hydrogen (secondary N) is 3. The van der Waals surface area contributed by atoms with E-state index in [9.17, 15) is 0 Å². The first-order valence-corrected chi connectivity index (χ1v) is 4.67. The minimum Gasteiger partial charge on any atom is -0.396 e. The van der Waals surface area contributed by atoms with E-state index in [1.165, 1.54) is 0 Å². The lowest BCUT2D eigenvalue weighted by atomic mass is 10.2. The first kappa shape index (κ1) is 11.8. The number of aliphatic hydroxyl groups excluding tert-OH is 1. The third-order valence-corrected chi connectivity index (χ3v) is 2.48. The average Bonchev–Trinajstić information content (AvgIpc) is 2.60. The van der Waals surface area contributed by atoms with E-state index in [1.54, 1.807) is 21.1 Å². The maximum atomic E-state index is 8.92. The van der Waals surface area contributed by atoms with E-state index in [1.807, 2.05) is 0 Å². The molecule has 1 heterocycles. The summed E-state index contributed by atoms with van der Waals surface area (Å²) in [7, 11) is 5.25. The Labute approximate surface area is 84.0 Å². The smallest absolute Gasteiger partial charge is 0.293 e. The number of hydrogen-bond donors (Lipinski definition) is 4. The Morgan fingerprint density at radius 2 is 1.86 bits per heavy atom. The Balaban J connectivity index is 2.68. The molecule has 0 spiro atoms. The molecule has 1 aliphatic rings. The van der Waals surface area contributed by atoms with Gasteiger partial charge in [-0.05, 0) is 21.1 Å². The summed E-state index contributed by atoms with van der Waals surface area (Å²) in [6.07, 6.45) is 0.481. The second-order valence-corrected chi connectivity index (χ2v) is 3.23. The van der Waals surface area contributed by atoms with Gasteiger partial charge in [0, 0.05) is 13.0 Å². The van der Waals surface area contributed by atoms with Crippen molar-refractivity contribution < 1.29 is 14.6 Å². The highest BCUT2D eigenvalue weighted by molar-refractivity contribution is 4.85. The molecular formula is C8H19N3O3. The molecule has 1 aliphatic heterocycles. The Morgan fingerprint density at radius 1 is 1.21 bits per heavy atom. The molecule has 4 N–H and O–H groups in total. The van der Waals surface area contributed by atoms with E-state index in [0.717, 1.165) is 0 Å². The zero-order valence-corrected chi connectivity index (χ0v) is 8.89. The summed E-state index contributed by atoms with van der Waals surface area (Å²) in [6, 6.07) is -0.960. The van der Waals surface area contributed by atoms with Crippen molar-refractivity contribution in [2.45, 2.75) is 18.2 Å². The molecule has 0 amide bonds. The van der Waals surface area contributed by atoms with Crippen LogP contribution >= 0.6 is 0 Å². The summed E-state index contributed by atoms with van der Waals surface area (Å²) in [5, 5.41) is 17.7. The van der Waals surface area contributed by atoms with Crippen LogP contribution in [0, 0.1) is 0 Å². The molecule has 1 fully saturated rings. The summed E-state index contributed by atoms with van der Waals surface area (Å²) in [4.78, 5) is 0. The Bertz CT molecular complexity index is 187. The van der Waals surface area contributed by atoms with Crippen molar-refractivity contribution in [2.75, 3.05) is 34.4 Å². The summed E-state index contributed by atoms with van der Waals surface area (Å²) < 4.78 is 11.2. The molecule has 84 valence electrons. The molecule has 0 aromatic carbocycles. The summed E-state index contributed by atoms with van der Waals surface area (Å²) in [6.45, 7) is 0.430. The van der Waals surface area contributed by atoms with Crippen molar-refractivity contribution in [1.82, 2.24) is 16.0 Å². The van der Waals surface area contributed by atoms with Crippen molar-refractivity contribution in [3.8, 4) is 0 Å². The fraction of sp³-hybridized carbons (Fsp3) is 1.00. The zero-order chi connectivity index (χ0) is 10.7. The van der Waals surface area contributed by atoms with Gasteiger partial charge in [-0.2, -0.15) is 0 Å². The van der Waals surface area contributed by atoms with Crippen LogP contribution in [0.3, 0.4) is 0 Å². The van der Waals surface area contributed by atoms with E-state index in [-0.39, 0.29) is 6.61 Å². The molecule has 0 bridgehead atoms. The summed E-state index contributed by atoms with van der Waals surface area (Å²) in [5.74, 6) is 0. The van der Waals surface area contributed by atoms with Crippen LogP contribution in [0.2, 0.25) is 0 Å². The Hall–Kier alpha value is -0.240. The van der Waals surface area contributed by atoms with E-state index in [2.05, 4.69) is 16.0 Å². The standard InChI is InChI=1S/C8H19N3O3/c1-9-7(4-5-12)6-13-8(10-2,11-3)14-7/h9-12H,4-6H2,1-3H3/t7-/m0/s1. The van der Waals surface area contributed by atoms with Crippen LogP contribution in [0.25, 0.3) is 0 Å². The minimum atomic E-state index is -0.960. The average molecular weight is 205 g/mol. The SMILES string of the molecule is CNC1(NC)OC[C@@](CCO)(NC)O1. The monoisotopic (exact) mass is 205 g/mol. The number of likely N-dealkylation sites (N-methyl/N-ethyl adjacent to an activating group) is 1. The molecule has 1 rings (SSSR count). The number of rotatable bonds is 5. The van der Waals surface area contributed by atoms with Crippen molar-refractivity contribution in [3.63, 3.8) is 0 Å². The van der Waals surface area contributed by atoms with Gasteiger partial charge in [0.05, 0.1) is 6.61 Å². The number of ether oxygens (including phenoxy) is 2. The molecule has 6 nitrogen and oxygen atoms in total. The summed E-state index contributed by atoms with van der Waals surface area (Å²) >= 11 is 0. The molecule has 0 radical (unpaired) electrons. The highest BCUT2D eigenvalue weighted by atomic mass is 16.8. The quantitative estimate of drug-likeness (QED) is 0.404. The summed E-state index contributed by atoms with van der Waals surface area (Å²) in [5.41, 5.74) is -0.624.